The van der Waals surface area contributed by atoms with Crippen molar-refractivity contribution in [2.75, 3.05) is 0 Å². The van der Waals surface area contributed by atoms with Crippen LogP contribution in [-0.4, -0.2) is 5.16 Å². The first-order valence-corrected chi connectivity index (χ1v) is 2.35. The van der Waals surface area contributed by atoms with Gasteiger partial charge in [0.25, 0.3) is 0 Å². The summed E-state index contributed by atoms with van der Waals surface area (Å²) in [5.74, 6) is 0.806. The van der Waals surface area contributed by atoms with Gasteiger partial charge in [-0.25, -0.2) is 9.51 Å². The van der Waals surface area contributed by atoms with E-state index in [9.17, 15) is 0 Å². The molecule has 0 atom stereocenters. The Kier molecular flexibility index (Phi) is 1.42. The number of H-pyrrole nitrogens is 1. The summed E-state index contributed by atoms with van der Waals surface area (Å²) in [7, 11) is 0. The Morgan fingerprint density at radius 3 is 3.38 bits per heavy atom. The quantitative estimate of drug-likeness (QED) is 0.512. The van der Waals surface area contributed by atoms with Crippen LogP contribution in [0.1, 0.15) is 5.82 Å². The summed E-state index contributed by atoms with van der Waals surface area (Å²) in [5.41, 5.74) is 0. The molecule has 0 aliphatic carbocycles. The summed E-state index contributed by atoms with van der Waals surface area (Å²) in [6, 6.07) is 0. The first-order chi connectivity index (χ1) is 3.93. The second-order valence-electron chi connectivity index (χ2n) is 1.40. The first-order valence-electron chi connectivity index (χ1n) is 2.35. The molecule has 8 heavy (non-hydrogen) atoms. The summed E-state index contributed by atoms with van der Waals surface area (Å²) in [4.78, 5) is 2.79. The molecule has 0 radical (unpaired) electrons. The van der Waals surface area contributed by atoms with E-state index in [-0.39, 0.29) is 0 Å². The van der Waals surface area contributed by atoms with Crippen molar-refractivity contribution in [3.8, 4) is 0 Å². The van der Waals surface area contributed by atoms with E-state index in [1.807, 2.05) is 0 Å². The Bertz CT molecular complexity index is 157. The third kappa shape index (κ3) is 0.932. The van der Waals surface area contributed by atoms with Crippen LogP contribution in [0, 0.1) is 0 Å². The fourth-order valence-corrected chi connectivity index (χ4v) is 0.444. The lowest BCUT2D eigenvalue weighted by atomic mass is 10.4. The van der Waals surface area contributed by atoms with Crippen LogP contribution < -0.4 is 4.98 Å². The zero-order valence-corrected chi connectivity index (χ0v) is 4.42. The summed E-state index contributed by atoms with van der Waals surface area (Å²) in [5, 5.41) is 3.60. The molecule has 0 spiro atoms. The highest BCUT2D eigenvalue weighted by Gasteiger charge is 2.01. The van der Waals surface area contributed by atoms with E-state index in [0.29, 0.717) is 0 Å². The largest absolute Gasteiger partial charge is 0.350 e. The van der Waals surface area contributed by atoms with Gasteiger partial charge < -0.3 is 0 Å². The van der Waals surface area contributed by atoms with E-state index in [1.165, 1.54) is 6.39 Å². The van der Waals surface area contributed by atoms with Crippen molar-refractivity contribution in [1.29, 1.82) is 0 Å². The first kappa shape index (κ1) is 5.03. The molecule has 0 fully saturated rings. The molecule has 1 heterocycles. The van der Waals surface area contributed by atoms with Gasteiger partial charge in [-0.1, -0.05) is 6.08 Å². The average Bonchev–Trinajstić information content (AvgIpc) is 2.19. The average molecular weight is 111 g/mol. The van der Waals surface area contributed by atoms with E-state index in [2.05, 4.69) is 21.2 Å². The van der Waals surface area contributed by atoms with Gasteiger partial charge in [-0.3, -0.25) is 0 Å². The Hall–Kier alpha value is -1.12. The summed E-state index contributed by atoms with van der Waals surface area (Å²) in [6.07, 6.45) is 3.92. The van der Waals surface area contributed by atoms with Gasteiger partial charge in [0.15, 0.2) is 5.16 Å². The molecule has 3 nitrogen and oxygen atoms in total. The van der Waals surface area contributed by atoms with Crippen LogP contribution in [0.25, 0.3) is 0 Å². The molecule has 0 saturated carbocycles. The molecule has 3 heteroatoms. The topological polar surface area (TPSA) is 40.2 Å². The van der Waals surface area contributed by atoms with Crippen molar-refractivity contribution < 1.29 is 9.51 Å². The molecule has 1 aromatic heterocycles. The van der Waals surface area contributed by atoms with Crippen LogP contribution in [0.2, 0.25) is 0 Å². The van der Waals surface area contributed by atoms with Gasteiger partial charge in [0, 0.05) is 0 Å². The van der Waals surface area contributed by atoms with Crippen molar-refractivity contribution in [1.82, 2.24) is 5.16 Å². The smallest absolute Gasteiger partial charge is 0.222 e. The van der Waals surface area contributed by atoms with Crippen molar-refractivity contribution in [3.63, 3.8) is 0 Å². The highest BCUT2D eigenvalue weighted by atomic mass is 16.5. The number of aromatic amines is 1. The maximum absolute atomic E-state index is 4.51. The van der Waals surface area contributed by atoms with E-state index >= 15 is 0 Å². The lowest BCUT2D eigenvalue weighted by Gasteiger charge is -1.67. The molecular formula is C5H7N2O+. The molecule has 0 aliphatic heterocycles. The van der Waals surface area contributed by atoms with Gasteiger partial charge >= 0.3 is 12.2 Å². The molecule has 0 unspecified atom stereocenters. The van der Waals surface area contributed by atoms with Crippen molar-refractivity contribution in [2.45, 2.75) is 6.42 Å². The maximum atomic E-state index is 4.51. The number of hydrogen-bond acceptors (Lipinski definition) is 2. The fourth-order valence-electron chi connectivity index (χ4n) is 0.444. The predicted molar refractivity (Wildman–Crippen MR) is 27.0 cm³/mol. The van der Waals surface area contributed by atoms with Gasteiger partial charge in [-0.2, -0.15) is 0 Å². The molecular weight excluding hydrogens is 104 g/mol. The number of allylic oxidation sites excluding steroid dienone is 1. The zero-order valence-electron chi connectivity index (χ0n) is 4.42. The molecule has 1 N–H and O–H groups in total. The van der Waals surface area contributed by atoms with Crippen LogP contribution in [0.15, 0.2) is 23.6 Å². The van der Waals surface area contributed by atoms with Gasteiger partial charge in [0.05, 0.1) is 6.42 Å². The standard InChI is InChI=1S/C5H6N2O/c1-2-3-5-6-4-8-7-5/h2,4H,1,3H2/p+1. The minimum absolute atomic E-state index is 0.733. The van der Waals surface area contributed by atoms with Crippen molar-refractivity contribution >= 4 is 0 Å². The fraction of sp³-hybridized carbons (Fsp3) is 0.200. The van der Waals surface area contributed by atoms with E-state index < -0.39 is 0 Å². The monoisotopic (exact) mass is 111 g/mol. The molecule has 1 aromatic rings. The van der Waals surface area contributed by atoms with Crippen LogP contribution >= 0.6 is 0 Å². The van der Waals surface area contributed by atoms with Crippen LogP contribution in [0.3, 0.4) is 0 Å². The summed E-state index contributed by atoms with van der Waals surface area (Å²) < 4.78 is 4.51. The summed E-state index contributed by atoms with van der Waals surface area (Å²) in [6.45, 7) is 3.53. The summed E-state index contributed by atoms with van der Waals surface area (Å²) >= 11 is 0. The van der Waals surface area contributed by atoms with Crippen molar-refractivity contribution in [2.24, 2.45) is 0 Å². The third-order valence-corrected chi connectivity index (χ3v) is 0.779. The predicted octanol–water partition coefficient (Wildman–Crippen LogP) is 0.217. The Labute approximate surface area is 47.0 Å². The van der Waals surface area contributed by atoms with E-state index in [1.54, 1.807) is 6.08 Å². The highest BCUT2D eigenvalue weighted by molar-refractivity contribution is 4.80. The van der Waals surface area contributed by atoms with E-state index in [4.69, 9.17) is 0 Å². The number of nitrogens with one attached hydrogen (secondary N) is 1. The van der Waals surface area contributed by atoms with Crippen LogP contribution in [0.4, 0.5) is 0 Å². The number of hydrogen-bond donors (Lipinski definition) is 0. The molecule has 0 bridgehead atoms. The lowest BCUT2D eigenvalue weighted by molar-refractivity contribution is -0.394. The SMILES string of the molecule is C=CCc1noc[nH+]1. The molecule has 0 saturated heterocycles. The van der Waals surface area contributed by atoms with Gasteiger partial charge in [0.1, 0.15) is 0 Å². The molecule has 0 aromatic carbocycles. The second kappa shape index (κ2) is 2.26. The zero-order chi connectivity index (χ0) is 5.82. The Morgan fingerprint density at radius 1 is 2.00 bits per heavy atom. The lowest BCUT2D eigenvalue weighted by Crippen LogP contribution is -2.03. The maximum Gasteiger partial charge on any atom is 0.350 e. The van der Waals surface area contributed by atoms with Crippen LogP contribution in [0.5, 0.6) is 0 Å². The van der Waals surface area contributed by atoms with Gasteiger partial charge in [-0.15, -0.1) is 6.58 Å². The molecule has 0 aliphatic rings. The normalized spacial score (nSPS) is 9.00. The molecule has 42 valence electrons. The second-order valence-corrected chi connectivity index (χ2v) is 1.40. The minimum atomic E-state index is 0.733. The van der Waals surface area contributed by atoms with E-state index in [0.717, 1.165) is 12.2 Å². The molecule has 1 rings (SSSR count). The van der Waals surface area contributed by atoms with Gasteiger partial charge in [0.2, 0.25) is 0 Å². The third-order valence-electron chi connectivity index (χ3n) is 0.779. The highest BCUT2D eigenvalue weighted by Crippen LogP contribution is 1.82. The number of rotatable bonds is 2. The van der Waals surface area contributed by atoms with Gasteiger partial charge in [-0.05, 0) is 0 Å². The van der Waals surface area contributed by atoms with Crippen molar-refractivity contribution in [3.05, 3.63) is 24.9 Å². The Balaban J connectivity index is 2.62. The van der Waals surface area contributed by atoms with Crippen LogP contribution in [-0.2, 0) is 6.42 Å². The number of nitrogens with zero attached hydrogens (tertiary/aromatic N) is 1. The minimum Gasteiger partial charge on any atom is -0.222 e. The Morgan fingerprint density at radius 2 is 2.88 bits per heavy atom. The number of aromatic nitrogens is 2. The molecule has 0 amide bonds.